The van der Waals surface area contributed by atoms with E-state index in [-0.39, 0.29) is 28.7 Å². The zero-order valence-corrected chi connectivity index (χ0v) is 86.1. The van der Waals surface area contributed by atoms with E-state index in [1.165, 1.54) is 112 Å². The van der Waals surface area contributed by atoms with Gasteiger partial charge in [0.15, 0.2) is 0 Å². The monoisotopic (exact) mass is 1990 g/mol. The fourth-order valence-electron chi connectivity index (χ4n) is 22.5. The number of benzene rings is 20. The van der Waals surface area contributed by atoms with Crippen LogP contribution in [0.4, 0.5) is 74.4 Å². The largest absolute Gasteiger partial charge is 0.355 e. The summed E-state index contributed by atoms with van der Waals surface area (Å²) >= 11 is 3.75. The van der Waals surface area contributed by atoms with Crippen molar-refractivity contribution in [3.8, 4) is 55.6 Å². The molecule has 20 aromatic carbocycles. The second-order valence-corrected chi connectivity index (χ2v) is 40.3. The van der Waals surface area contributed by atoms with Gasteiger partial charge in [-0.2, -0.15) is 0 Å². The Labute approximate surface area is 875 Å². The van der Waals surface area contributed by atoms with Crippen molar-refractivity contribution in [3.05, 3.63) is 611 Å². The van der Waals surface area contributed by atoms with E-state index in [1.54, 1.807) is 52.0 Å². The number of nitrogens with one attached hydrogen (secondary N) is 2. The molecule has 0 radical (unpaired) electrons. The minimum atomic E-state index is -0.670. The van der Waals surface area contributed by atoms with Gasteiger partial charge in [-0.3, -0.25) is 0 Å². The molecule has 23 rings (SSSR count). The van der Waals surface area contributed by atoms with E-state index < -0.39 is 10.8 Å². The third-order valence-corrected chi connectivity index (χ3v) is 30.6. The second-order valence-electron chi connectivity index (χ2n) is 39.4. The topological polar surface area (TPSA) is 30.5 Å². The molecule has 20 aromatic rings. The summed E-state index contributed by atoms with van der Waals surface area (Å²) in [5, 5.41) is 6.43. The lowest BCUT2D eigenvalue weighted by molar-refractivity contribution is 0.618. The quantitative estimate of drug-likeness (QED) is 0.0702. The van der Waals surface area contributed by atoms with E-state index in [1.807, 2.05) is 103 Å². The summed E-state index contributed by atoms with van der Waals surface area (Å²) in [5.74, 6) is -0.990. The van der Waals surface area contributed by atoms with Gasteiger partial charge in [0, 0.05) is 61.3 Å². The van der Waals surface area contributed by atoms with Crippen LogP contribution >= 0.6 is 15.9 Å². The van der Waals surface area contributed by atoms with Crippen LogP contribution in [0.15, 0.2) is 449 Å². The van der Waals surface area contributed by atoms with Crippen molar-refractivity contribution in [2.45, 2.75) is 85.5 Å². The molecule has 722 valence electrons. The Morgan fingerprint density at radius 2 is 0.466 bits per heavy atom. The molecule has 9 heteroatoms. The van der Waals surface area contributed by atoms with Crippen molar-refractivity contribution >= 4 is 91.0 Å². The second kappa shape index (κ2) is 40.2. The van der Waals surface area contributed by atoms with E-state index in [9.17, 15) is 8.78 Å². The molecule has 0 bridgehead atoms. The molecule has 3 atom stereocenters. The zero-order valence-electron chi connectivity index (χ0n) is 84.6. The van der Waals surface area contributed by atoms with E-state index in [2.05, 4.69) is 401 Å². The smallest absolute Gasteiger partial charge is 0.128 e. The SMILES string of the molecule is C=Cc1ccc(C2(c3cc(C)ccc3C)c3ccccc3-c3ccc(Br)cc32)cc1.C=Cc1ccc(C2(c3cc(C)ccc3C)c3ccccc3-c3ccc(N(c4ccc(-c5ccc(N(c6ccc(C)c(F)c6)c6ccc7c(c6)C(c6ccc(C=C)cc6)(c6cc(C)ccc6C)c6ccccc6-7)cc5)cc4)c4ccc(C)c(F)c4)cc32)cc1.Cc1ccc(Nc2ccc(-c3ccc(Nc4ccc(C)c(F)c4)cc3)cc2)cc1F. The summed E-state index contributed by atoms with van der Waals surface area (Å²) in [6.07, 6.45) is 5.69. The molecular weight excluding hydrogens is 1880 g/mol. The normalized spacial score (nSPS) is 14.6. The molecule has 0 saturated carbocycles. The molecule has 3 aliphatic carbocycles. The van der Waals surface area contributed by atoms with E-state index in [4.69, 9.17) is 0 Å². The average molecular weight is 1990 g/mol. The molecule has 0 aromatic heterocycles. The van der Waals surface area contributed by atoms with Crippen LogP contribution in [0.3, 0.4) is 0 Å². The van der Waals surface area contributed by atoms with Gasteiger partial charge in [-0.25, -0.2) is 17.6 Å². The van der Waals surface area contributed by atoms with Crippen LogP contribution in [0.5, 0.6) is 0 Å². The summed E-state index contributed by atoms with van der Waals surface area (Å²) < 4.78 is 60.5. The lowest BCUT2D eigenvalue weighted by Crippen LogP contribution is -2.30. The zero-order chi connectivity index (χ0) is 103. The molecule has 3 unspecified atom stereocenters. The highest BCUT2D eigenvalue weighted by molar-refractivity contribution is 9.10. The van der Waals surface area contributed by atoms with Gasteiger partial charge in [0.1, 0.15) is 23.3 Å². The summed E-state index contributed by atoms with van der Waals surface area (Å²) in [5.41, 5.74) is 45.8. The van der Waals surface area contributed by atoms with E-state index in [0.29, 0.717) is 45.0 Å². The Morgan fingerprint density at radius 1 is 0.216 bits per heavy atom. The summed E-state index contributed by atoms with van der Waals surface area (Å²) in [6.45, 7) is 32.4. The Bertz CT molecular complexity index is 8160. The van der Waals surface area contributed by atoms with Crippen molar-refractivity contribution in [2.75, 3.05) is 20.4 Å². The number of nitrogens with zero attached hydrogens (tertiary/aromatic N) is 2. The van der Waals surface area contributed by atoms with Gasteiger partial charge in [0.25, 0.3) is 0 Å². The van der Waals surface area contributed by atoms with Gasteiger partial charge in [0.05, 0.1) is 16.2 Å². The summed E-state index contributed by atoms with van der Waals surface area (Å²) in [4.78, 5) is 4.35. The van der Waals surface area contributed by atoms with Gasteiger partial charge in [-0.1, -0.05) is 362 Å². The van der Waals surface area contributed by atoms with Crippen LogP contribution in [0.25, 0.3) is 73.9 Å². The van der Waals surface area contributed by atoms with Crippen LogP contribution in [-0.4, -0.2) is 0 Å². The van der Waals surface area contributed by atoms with Crippen molar-refractivity contribution in [3.63, 3.8) is 0 Å². The molecule has 4 nitrogen and oxygen atoms in total. The molecule has 0 heterocycles. The molecule has 0 amide bonds. The van der Waals surface area contributed by atoms with E-state index in [0.717, 1.165) is 111 Å². The Hall–Kier alpha value is -17.0. The summed E-state index contributed by atoms with van der Waals surface area (Å²) in [7, 11) is 0. The molecule has 0 aliphatic heterocycles. The predicted octanol–water partition coefficient (Wildman–Crippen LogP) is 38.2. The van der Waals surface area contributed by atoms with Crippen molar-refractivity contribution < 1.29 is 17.6 Å². The number of hydrogen-bond acceptors (Lipinski definition) is 4. The molecule has 3 aliphatic rings. The maximum absolute atomic E-state index is 16.0. The van der Waals surface area contributed by atoms with Gasteiger partial charge in [-0.05, 0) is 381 Å². The Kier molecular flexibility index (Phi) is 26.4. The van der Waals surface area contributed by atoms with Crippen LogP contribution in [0.1, 0.15) is 139 Å². The molecule has 0 spiro atoms. The number of fused-ring (bicyclic) bond motifs is 9. The fourth-order valence-corrected chi connectivity index (χ4v) is 22.8. The van der Waals surface area contributed by atoms with Crippen molar-refractivity contribution in [1.82, 2.24) is 0 Å². The highest BCUT2D eigenvalue weighted by Crippen LogP contribution is 2.62. The van der Waals surface area contributed by atoms with Crippen LogP contribution in [0, 0.1) is 92.5 Å². The molecule has 0 saturated heterocycles. The maximum Gasteiger partial charge on any atom is 0.128 e. The average Bonchev–Trinajstić information content (AvgIpc) is 1.54. The maximum atomic E-state index is 16.0. The third-order valence-electron chi connectivity index (χ3n) is 30.1. The number of halogens is 5. The Balaban J connectivity index is 0.000000172. The third kappa shape index (κ3) is 17.7. The van der Waals surface area contributed by atoms with Crippen molar-refractivity contribution in [1.29, 1.82) is 0 Å². The molecule has 0 fully saturated rings. The van der Waals surface area contributed by atoms with Crippen LogP contribution in [-0.2, 0) is 16.2 Å². The minimum absolute atomic E-state index is 0.223. The number of aryl methyl sites for hydroxylation is 10. The van der Waals surface area contributed by atoms with Crippen LogP contribution < -0.4 is 20.4 Å². The number of rotatable bonds is 21. The molecule has 2 N–H and O–H groups in total. The Morgan fingerprint density at radius 3 is 0.777 bits per heavy atom. The fraction of sp³-hybridized carbons (Fsp3) is 0.0935. The first-order valence-electron chi connectivity index (χ1n) is 50.2. The number of hydrogen-bond donors (Lipinski definition) is 2. The van der Waals surface area contributed by atoms with Gasteiger partial charge in [0.2, 0.25) is 0 Å². The predicted molar refractivity (Wildman–Crippen MR) is 616 cm³/mol. The van der Waals surface area contributed by atoms with E-state index >= 15 is 8.78 Å². The van der Waals surface area contributed by atoms with Gasteiger partial charge in [-0.15, -0.1) is 0 Å². The van der Waals surface area contributed by atoms with Gasteiger partial charge >= 0.3 is 0 Å². The lowest BCUT2D eigenvalue weighted by Gasteiger charge is -2.36. The first-order valence-corrected chi connectivity index (χ1v) is 51.0. The van der Waals surface area contributed by atoms with Crippen molar-refractivity contribution in [2.24, 2.45) is 0 Å². The highest BCUT2D eigenvalue weighted by atomic mass is 79.9. The summed E-state index contributed by atoms with van der Waals surface area (Å²) in [6, 6.07) is 148. The molecular formula is C139H111BrF4N4. The highest BCUT2D eigenvalue weighted by Gasteiger charge is 2.51. The molecule has 148 heavy (non-hydrogen) atoms. The lowest BCUT2D eigenvalue weighted by atomic mass is 9.66. The minimum Gasteiger partial charge on any atom is -0.355 e. The first kappa shape index (κ1) is 97.1. The standard InChI is InChI=1S/C84H66F2N2.C29H23Br.C26H22F2N2/c1-9-59-25-33-63(34-26-59)83(77-47-53(3)19-21-55(77)5)75-17-13-11-15-71(75)73-45-43-67(49-79(73)83)87(69-37-23-57(7)81(85)51-69)65-39-29-61(30-40-65)62-31-41-66(42-32-62)88(70-38-24-58(8)82(86)52-70)68-44-46-74-72-16-12-14-18-76(72)84(80(74)50-68,64-35-27-60(10-2)28-36-64)78-48-54(4)20-22-56(78)6;1-4-21-11-13-22(14-12-21)29(27-17-19(2)9-10-20(27)3)26-8-6-5-7-24(26)25-16-15-23(30)18-28(25)29;1-17-3-9-23(15-25(17)27)29-21-11-5-19(6-12-21)20-7-13-22(14-8-20)30-24-10-4-18(2)26(28)16-24/h9-52H,1-2H2,3-8H3;4-18H,1H2,2-3H3;3-16,29-30H,1-2H3. The number of anilines is 10. The van der Waals surface area contributed by atoms with Gasteiger partial charge < -0.3 is 20.4 Å². The first-order chi connectivity index (χ1) is 71.8. The van der Waals surface area contributed by atoms with Crippen LogP contribution in [0.2, 0.25) is 0 Å².